The summed E-state index contributed by atoms with van der Waals surface area (Å²) in [6.45, 7) is 0.205. The van der Waals surface area contributed by atoms with Gasteiger partial charge in [-0.1, -0.05) is 53.0 Å². The van der Waals surface area contributed by atoms with Gasteiger partial charge in [-0.15, -0.1) is 0 Å². The van der Waals surface area contributed by atoms with Crippen molar-refractivity contribution in [2.45, 2.75) is 6.61 Å². The van der Waals surface area contributed by atoms with E-state index in [-0.39, 0.29) is 22.2 Å². The Labute approximate surface area is 167 Å². The molecular formula is C19H15Cl3N2O2. The van der Waals surface area contributed by atoms with Crippen LogP contribution in [0.4, 0.5) is 0 Å². The maximum Gasteiger partial charge on any atom is 0.264 e. The molecule has 0 aliphatic rings. The van der Waals surface area contributed by atoms with Crippen LogP contribution in [0, 0.1) is 11.3 Å². The van der Waals surface area contributed by atoms with E-state index in [4.69, 9.17) is 44.8 Å². The molecule has 4 nitrogen and oxygen atoms in total. The number of halogens is 3. The van der Waals surface area contributed by atoms with E-state index >= 15 is 0 Å². The van der Waals surface area contributed by atoms with Gasteiger partial charge in [-0.25, -0.2) is 0 Å². The van der Waals surface area contributed by atoms with Gasteiger partial charge in [0.1, 0.15) is 18.2 Å². The van der Waals surface area contributed by atoms with Gasteiger partial charge in [0, 0.05) is 24.7 Å². The van der Waals surface area contributed by atoms with Crippen LogP contribution in [0.15, 0.2) is 42.0 Å². The summed E-state index contributed by atoms with van der Waals surface area (Å²) in [6.07, 6.45) is 1.43. The number of hydrogen-bond acceptors (Lipinski definition) is 3. The molecule has 26 heavy (non-hydrogen) atoms. The number of benzene rings is 2. The van der Waals surface area contributed by atoms with Gasteiger partial charge in [-0.05, 0) is 29.8 Å². The highest BCUT2D eigenvalue weighted by Gasteiger charge is 2.14. The fourth-order valence-corrected chi connectivity index (χ4v) is 2.92. The second-order valence-electron chi connectivity index (χ2n) is 5.56. The lowest BCUT2D eigenvalue weighted by molar-refractivity contribution is -0.124. The second-order valence-corrected chi connectivity index (χ2v) is 6.78. The van der Waals surface area contributed by atoms with Crippen LogP contribution in [0.25, 0.3) is 6.08 Å². The lowest BCUT2D eigenvalue weighted by Crippen LogP contribution is -2.22. The zero-order chi connectivity index (χ0) is 19.3. The molecule has 0 fully saturated rings. The predicted molar refractivity (Wildman–Crippen MR) is 105 cm³/mol. The van der Waals surface area contributed by atoms with E-state index in [1.54, 1.807) is 32.3 Å². The average Bonchev–Trinajstić information content (AvgIpc) is 2.59. The summed E-state index contributed by atoms with van der Waals surface area (Å²) in [5.74, 6) is -0.0957. The van der Waals surface area contributed by atoms with E-state index < -0.39 is 5.91 Å². The molecule has 134 valence electrons. The monoisotopic (exact) mass is 408 g/mol. The Morgan fingerprint density at radius 2 is 1.77 bits per heavy atom. The summed E-state index contributed by atoms with van der Waals surface area (Å²) in [6, 6.07) is 12.3. The van der Waals surface area contributed by atoms with Crippen LogP contribution in [-0.4, -0.2) is 24.9 Å². The average molecular weight is 410 g/mol. The minimum absolute atomic E-state index is 0.0214. The van der Waals surface area contributed by atoms with Crippen molar-refractivity contribution in [3.8, 4) is 11.8 Å². The minimum atomic E-state index is -0.404. The van der Waals surface area contributed by atoms with Gasteiger partial charge >= 0.3 is 0 Å². The molecular weight excluding hydrogens is 395 g/mol. The van der Waals surface area contributed by atoms with Crippen molar-refractivity contribution in [1.29, 1.82) is 5.26 Å². The molecule has 0 bridgehead atoms. The molecule has 0 heterocycles. The Morgan fingerprint density at radius 1 is 1.15 bits per heavy atom. The van der Waals surface area contributed by atoms with Gasteiger partial charge in [0.2, 0.25) is 0 Å². The van der Waals surface area contributed by atoms with Crippen LogP contribution >= 0.6 is 34.8 Å². The number of likely N-dealkylation sites (N-methyl/N-ethyl adjacent to an activating group) is 1. The van der Waals surface area contributed by atoms with Crippen LogP contribution in [0.1, 0.15) is 11.1 Å². The highest BCUT2D eigenvalue weighted by molar-refractivity contribution is 6.37. The highest BCUT2D eigenvalue weighted by atomic mass is 35.5. The number of nitriles is 1. The minimum Gasteiger partial charge on any atom is -0.486 e. The fraction of sp³-hybridized carbons (Fsp3) is 0.158. The predicted octanol–water partition coefficient (Wildman–Crippen LogP) is 5.22. The van der Waals surface area contributed by atoms with Crippen LogP contribution in [0.5, 0.6) is 5.75 Å². The van der Waals surface area contributed by atoms with Crippen molar-refractivity contribution in [1.82, 2.24) is 4.90 Å². The van der Waals surface area contributed by atoms with Gasteiger partial charge in [0.05, 0.1) is 10.0 Å². The molecule has 0 saturated heterocycles. The molecule has 0 radical (unpaired) electrons. The SMILES string of the molecule is CN(C)C(=O)/C(C#N)=C\c1cc(Cl)c(OCc2ccccc2Cl)c(Cl)c1. The summed E-state index contributed by atoms with van der Waals surface area (Å²) in [5.41, 5.74) is 1.30. The van der Waals surface area contributed by atoms with Crippen molar-refractivity contribution >= 4 is 46.8 Å². The number of nitrogens with zero attached hydrogens (tertiary/aromatic N) is 2. The summed E-state index contributed by atoms with van der Waals surface area (Å²) < 4.78 is 5.70. The third-order valence-electron chi connectivity index (χ3n) is 3.42. The molecule has 2 aromatic rings. The summed E-state index contributed by atoms with van der Waals surface area (Å²) in [7, 11) is 3.14. The largest absolute Gasteiger partial charge is 0.486 e. The van der Waals surface area contributed by atoms with E-state index in [9.17, 15) is 4.79 Å². The van der Waals surface area contributed by atoms with Crippen molar-refractivity contribution in [2.24, 2.45) is 0 Å². The molecule has 0 unspecified atom stereocenters. The van der Waals surface area contributed by atoms with Gasteiger partial charge in [-0.3, -0.25) is 4.79 Å². The Morgan fingerprint density at radius 3 is 2.31 bits per heavy atom. The topological polar surface area (TPSA) is 53.3 Å². The third kappa shape index (κ3) is 4.92. The van der Waals surface area contributed by atoms with Gasteiger partial charge in [-0.2, -0.15) is 5.26 Å². The first-order valence-electron chi connectivity index (χ1n) is 7.52. The second kappa shape index (κ2) is 8.95. The molecule has 7 heteroatoms. The number of ether oxygens (including phenoxy) is 1. The molecule has 0 N–H and O–H groups in total. The molecule has 0 atom stereocenters. The van der Waals surface area contributed by atoms with Gasteiger partial charge in [0.15, 0.2) is 5.75 Å². The molecule has 0 spiro atoms. The number of carbonyl (C=O) groups excluding carboxylic acids is 1. The molecule has 0 aromatic heterocycles. The zero-order valence-electron chi connectivity index (χ0n) is 14.1. The van der Waals surface area contributed by atoms with Crippen molar-refractivity contribution in [3.63, 3.8) is 0 Å². The van der Waals surface area contributed by atoms with E-state index in [0.717, 1.165) is 5.56 Å². The van der Waals surface area contributed by atoms with E-state index in [0.29, 0.717) is 16.3 Å². The molecule has 0 aliphatic heterocycles. The van der Waals surface area contributed by atoms with E-state index in [2.05, 4.69) is 0 Å². The Balaban J connectivity index is 2.27. The summed E-state index contributed by atoms with van der Waals surface area (Å²) >= 11 is 18.6. The molecule has 0 aliphatic carbocycles. The van der Waals surface area contributed by atoms with Crippen molar-refractivity contribution in [2.75, 3.05) is 14.1 Å². The maximum absolute atomic E-state index is 11.9. The third-order valence-corrected chi connectivity index (χ3v) is 4.35. The van der Waals surface area contributed by atoms with Crippen molar-refractivity contribution in [3.05, 3.63) is 68.2 Å². The maximum atomic E-state index is 11.9. The Hall–Kier alpha value is -2.19. The Bertz CT molecular complexity index is 879. The number of carbonyl (C=O) groups is 1. The van der Waals surface area contributed by atoms with E-state index in [1.165, 1.54) is 11.0 Å². The van der Waals surface area contributed by atoms with Crippen LogP contribution in [-0.2, 0) is 11.4 Å². The van der Waals surface area contributed by atoms with Crippen LogP contribution in [0.2, 0.25) is 15.1 Å². The number of rotatable bonds is 5. The first-order valence-corrected chi connectivity index (χ1v) is 8.65. The number of hydrogen-bond donors (Lipinski definition) is 0. The first kappa shape index (κ1) is 20.1. The smallest absolute Gasteiger partial charge is 0.264 e. The molecule has 1 amide bonds. The van der Waals surface area contributed by atoms with Crippen LogP contribution in [0.3, 0.4) is 0 Å². The zero-order valence-corrected chi connectivity index (χ0v) is 16.4. The van der Waals surface area contributed by atoms with E-state index in [1.807, 2.05) is 24.3 Å². The molecule has 2 rings (SSSR count). The van der Waals surface area contributed by atoms with Gasteiger partial charge < -0.3 is 9.64 Å². The molecule has 2 aromatic carbocycles. The quantitative estimate of drug-likeness (QED) is 0.502. The van der Waals surface area contributed by atoms with Crippen molar-refractivity contribution < 1.29 is 9.53 Å². The number of amides is 1. The normalized spacial score (nSPS) is 11.0. The summed E-state index contributed by atoms with van der Waals surface area (Å²) in [5, 5.41) is 10.3. The standard InChI is InChI=1S/C19H15Cl3N2O2/c1-24(2)19(25)14(10-23)7-12-8-16(21)18(17(22)9-12)26-11-13-5-3-4-6-15(13)20/h3-9H,11H2,1-2H3/b14-7-. The first-order chi connectivity index (χ1) is 12.3. The van der Waals surface area contributed by atoms with Gasteiger partial charge in [0.25, 0.3) is 5.91 Å². The molecule has 0 saturated carbocycles. The lowest BCUT2D eigenvalue weighted by Gasteiger charge is -2.12. The Kier molecular flexibility index (Phi) is 6.93. The lowest BCUT2D eigenvalue weighted by atomic mass is 10.1. The summed E-state index contributed by atoms with van der Waals surface area (Å²) in [4.78, 5) is 13.3. The highest BCUT2D eigenvalue weighted by Crippen LogP contribution is 2.35. The van der Waals surface area contributed by atoms with Crippen LogP contribution < -0.4 is 4.74 Å². The fourth-order valence-electron chi connectivity index (χ4n) is 2.12.